The molecule has 0 aliphatic carbocycles. The van der Waals surface area contributed by atoms with E-state index in [4.69, 9.17) is 0 Å². The Hall–Kier alpha value is -2.74. The van der Waals surface area contributed by atoms with Crippen molar-refractivity contribution in [3.63, 3.8) is 0 Å². The van der Waals surface area contributed by atoms with E-state index in [1.165, 1.54) is 11.3 Å². The van der Waals surface area contributed by atoms with E-state index < -0.39 is 0 Å². The number of benzene rings is 1. The molecule has 0 saturated heterocycles. The van der Waals surface area contributed by atoms with E-state index in [1.54, 1.807) is 10.9 Å². The molecule has 0 spiro atoms. The summed E-state index contributed by atoms with van der Waals surface area (Å²) in [6, 6.07) is 7.63. The van der Waals surface area contributed by atoms with Gasteiger partial charge >= 0.3 is 0 Å². The summed E-state index contributed by atoms with van der Waals surface area (Å²) < 4.78 is 1.74. The Morgan fingerprint density at radius 3 is 2.71 bits per heavy atom. The van der Waals surface area contributed by atoms with Crippen molar-refractivity contribution < 1.29 is 4.79 Å². The lowest BCUT2D eigenvalue weighted by atomic mass is 10.2. The second kappa shape index (κ2) is 6.79. The summed E-state index contributed by atoms with van der Waals surface area (Å²) in [5.41, 5.74) is 2.87. The number of anilines is 2. The van der Waals surface area contributed by atoms with E-state index in [1.807, 2.05) is 56.4 Å². The van der Waals surface area contributed by atoms with Gasteiger partial charge in [-0.15, -0.1) is 10.2 Å². The minimum Gasteiger partial charge on any atom is -0.365 e. The topological polar surface area (TPSA) is 75.9 Å². The van der Waals surface area contributed by atoms with E-state index in [0.29, 0.717) is 11.6 Å². The van der Waals surface area contributed by atoms with Gasteiger partial charge < -0.3 is 10.2 Å². The monoisotopic (exact) mass is 342 g/mol. The molecule has 0 unspecified atom stereocenters. The number of carbonyl (C=O) groups excluding carboxylic acids is 1. The normalized spacial score (nSPS) is 10.6. The van der Waals surface area contributed by atoms with Crippen LogP contribution < -0.4 is 10.2 Å². The lowest BCUT2D eigenvalue weighted by Crippen LogP contribution is -2.15. The fourth-order valence-corrected chi connectivity index (χ4v) is 2.92. The van der Waals surface area contributed by atoms with Gasteiger partial charge in [0.1, 0.15) is 5.01 Å². The Kier molecular flexibility index (Phi) is 4.57. The zero-order valence-electron chi connectivity index (χ0n) is 13.7. The van der Waals surface area contributed by atoms with E-state index in [9.17, 15) is 4.79 Å². The highest BCUT2D eigenvalue weighted by molar-refractivity contribution is 7.13. The number of carbonyl (C=O) groups is 1. The fourth-order valence-electron chi connectivity index (χ4n) is 2.13. The van der Waals surface area contributed by atoms with Gasteiger partial charge in [-0.25, -0.2) is 0 Å². The minimum atomic E-state index is -0.244. The van der Waals surface area contributed by atoms with Gasteiger partial charge in [-0.1, -0.05) is 29.0 Å². The van der Waals surface area contributed by atoms with E-state index in [0.717, 1.165) is 21.9 Å². The number of amides is 1. The molecule has 0 aliphatic heterocycles. The molecule has 7 nitrogen and oxygen atoms in total. The van der Waals surface area contributed by atoms with Gasteiger partial charge in [0.15, 0.2) is 0 Å². The lowest BCUT2D eigenvalue weighted by Gasteiger charge is -2.14. The van der Waals surface area contributed by atoms with Crippen molar-refractivity contribution in [2.24, 2.45) is 7.05 Å². The summed E-state index contributed by atoms with van der Waals surface area (Å²) in [6.45, 7) is 2.57. The maximum absolute atomic E-state index is 12.2. The molecular weight excluding hydrogens is 324 g/mol. The first-order valence-electron chi connectivity index (χ1n) is 7.41. The Balaban J connectivity index is 1.64. The first-order chi connectivity index (χ1) is 11.5. The summed E-state index contributed by atoms with van der Waals surface area (Å²) >= 11 is 1.29. The summed E-state index contributed by atoms with van der Waals surface area (Å²) in [7, 11) is 3.82. The Labute approximate surface area is 143 Å². The molecule has 0 aliphatic rings. The molecule has 0 radical (unpaired) electrons. The molecule has 124 valence electrons. The molecular formula is C16H18N6OS. The average molecular weight is 342 g/mol. The zero-order chi connectivity index (χ0) is 17.1. The second-order valence-corrected chi connectivity index (χ2v) is 6.61. The van der Waals surface area contributed by atoms with Crippen molar-refractivity contribution in [3.8, 4) is 0 Å². The van der Waals surface area contributed by atoms with Gasteiger partial charge in [0.25, 0.3) is 5.91 Å². The number of nitrogens with zero attached hydrogens (tertiary/aromatic N) is 5. The SMILES string of the molecule is Cc1ccc(NC(=O)c2nnc(CN(C)c3cnn(C)c3)s2)cc1. The van der Waals surface area contributed by atoms with Gasteiger partial charge in [0.2, 0.25) is 5.01 Å². The zero-order valence-corrected chi connectivity index (χ0v) is 14.5. The largest absolute Gasteiger partial charge is 0.365 e. The molecule has 1 aromatic carbocycles. The van der Waals surface area contributed by atoms with Crippen LogP contribution in [0.5, 0.6) is 0 Å². The van der Waals surface area contributed by atoms with Crippen molar-refractivity contribution in [1.29, 1.82) is 0 Å². The molecule has 8 heteroatoms. The third kappa shape index (κ3) is 3.77. The smallest absolute Gasteiger partial charge is 0.286 e. The lowest BCUT2D eigenvalue weighted by molar-refractivity contribution is 0.102. The summed E-state index contributed by atoms with van der Waals surface area (Å²) in [4.78, 5) is 14.3. The first kappa shape index (κ1) is 16.1. The number of rotatable bonds is 5. The van der Waals surface area contributed by atoms with Gasteiger partial charge in [0, 0.05) is 26.0 Å². The fraction of sp³-hybridized carbons (Fsp3) is 0.250. The molecule has 3 aromatic rings. The van der Waals surface area contributed by atoms with Crippen molar-refractivity contribution in [2.45, 2.75) is 13.5 Å². The molecule has 2 heterocycles. The van der Waals surface area contributed by atoms with Crippen LogP contribution in [0.2, 0.25) is 0 Å². The van der Waals surface area contributed by atoms with Crippen LogP contribution in [0, 0.1) is 6.92 Å². The number of hydrogen-bond donors (Lipinski definition) is 1. The molecule has 2 aromatic heterocycles. The summed E-state index contributed by atoms with van der Waals surface area (Å²) in [5, 5.41) is 16.2. The highest BCUT2D eigenvalue weighted by Gasteiger charge is 2.14. The number of aromatic nitrogens is 4. The number of hydrogen-bond acceptors (Lipinski definition) is 6. The van der Waals surface area contributed by atoms with Gasteiger partial charge in [-0.2, -0.15) is 5.10 Å². The maximum atomic E-state index is 12.2. The van der Waals surface area contributed by atoms with Gasteiger partial charge in [0.05, 0.1) is 18.4 Å². The van der Waals surface area contributed by atoms with Crippen LogP contribution in [-0.2, 0) is 13.6 Å². The maximum Gasteiger partial charge on any atom is 0.286 e. The van der Waals surface area contributed by atoms with Crippen molar-refractivity contribution in [3.05, 3.63) is 52.2 Å². The standard InChI is InChI=1S/C16H18N6OS/c1-11-4-6-12(7-5-11)18-15(23)16-20-19-14(24-16)10-21(2)13-8-17-22(3)9-13/h4-9H,10H2,1-3H3,(H,18,23). The highest BCUT2D eigenvalue weighted by Crippen LogP contribution is 2.18. The predicted molar refractivity (Wildman–Crippen MR) is 94.4 cm³/mol. The summed E-state index contributed by atoms with van der Waals surface area (Å²) in [5.74, 6) is -0.244. The van der Waals surface area contributed by atoms with Crippen LogP contribution in [0.15, 0.2) is 36.7 Å². The molecule has 3 rings (SSSR count). The second-order valence-electron chi connectivity index (χ2n) is 5.55. The molecule has 0 bridgehead atoms. The molecule has 1 amide bonds. The van der Waals surface area contributed by atoms with E-state index >= 15 is 0 Å². The molecule has 0 fully saturated rings. The third-order valence-electron chi connectivity index (χ3n) is 3.47. The van der Waals surface area contributed by atoms with Crippen LogP contribution in [0.3, 0.4) is 0 Å². The number of nitrogens with one attached hydrogen (secondary N) is 1. The third-order valence-corrected chi connectivity index (χ3v) is 4.38. The van der Waals surface area contributed by atoms with Crippen LogP contribution in [0.25, 0.3) is 0 Å². The Bertz CT molecular complexity index is 838. The molecule has 0 atom stereocenters. The van der Waals surface area contributed by atoms with Crippen LogP contribution in [0.4, 0.5) is 11.4 Å². The average Bonchev–Trinajstić information content (AvgIpc) is 3.19. The molecule has 0 saturated carbocycles. The first-order valence-corrected chi connectivity index (χ1v) is 8.23. The van der Waals surface area contributed by atoms with Crippen molar-refractivity contribution >= 4 is 28.6 Å². The Morgan fingerprint density at radius 1 is 1.29 bits per heavy atom. The van der Waals surface area contributed by atoms with E-state index in [2.05, 4.69) is 20.6 Å². The quantitative estimate of drug-likeness (QED) is 0.771. The van der Waals surface area contributed by atoms with Gasteiger partial charge in [-0.3, -0.25) is 9.48 Å². The summed E-state index contributed by atoms with van der Waals surface area (Å²) in [6.07, 6.45) is 3.71. The number of aryl methyl sites for hydroxylation is 2. The van der Waals surface area contributed by atoms with Crippen molar-refractivity contribution in [1.82, 2.24) is 20.0 Å². The molecule has 1 N–H and O–H groups in total. The Morgan fingerprint density at radius 2 is 2.04 bits per heavy atom. The van der Waals surface area contributed by atoms with Crippen LogP contribution >= 0.6 is 11.3 Å². The van der Waals surface area contributed by atoms with Crippen LogP contribution in [0.1, 0.15) is 20.4 Å². The van der Waals surface area contributed by atoms with Crippen LogP contribution in [-0.4, -0.2) is 32.9 Å². The molecule has 24 heavy (non-hydrogen) atoms. The van der Waals surface area contributed by atoms with Crippen molar-refractivity contribution in [2.75, 3.05) is 17.3 Å². The van der Waals surface area contributed by atoms with Gasteiger partial charge in [-0.05, 0) is 19.1 Å². The minimum absolute atomic E-state index is 0.244. The predicted octanol–water partition coefficient (Wildman–Crippen LogP) is 2.47. The highest BCUT2D eigenvalue weighted by atomic mass is 32.1. The van der Waals surface area contributed by atoms with E-state index in [-0.39, 0.29) is 5.91 Å².